The molecule has 0 unspecified atom stereocenters. The zero-order valence-electron chi connectivity index (χ0n) is 9.10. The van der Waals surface area contributed by atoms with Gasteiger partial charge in [0.2, 0.25) is 5.91 Å². The predicted molar refractivity (Wildman–Crippen MR) is 59.8 cm³/mol. The second kappa shape index (κ2) is 2.98. The highest BCUT2D eigenvalue weighted by atomic mass is 16.3. The van der Waals surface area contributed by atoms with E-state index >= 15 is 0 Å². The molecule has 2 heterocycles. The Morgan fingerprint density at radius 3 is 3.06 bits per heavy atom. The van der Waals surface area contributed by atoms with Gasteiger partial charge in [-0.2, -0.15) is 0 Å². The number of carbonyl (C=O) groups excluding carboxylic acids is 1. The quantitative estimate of drug-likeness (QED) is 0.679. The first kappa shape index (κ1) is 9.66. The van der Waals surface area contributed by atoms with E-state index < -0.39 is 5.60 Å². The molecule has 0 bridgehead atoms. The SMILES string of the molecule is CC(=O)N1CC[C@@]2(O)c3ccccc3N[C@@H]12. The van der Waals surface area contributed by atoms with Gasteiger partial charge >= 0.3 is 0 Å². The average molecular weight is 218 g/mol. The number of fused-ring (bicyclic) bond motifs is 3. The monoisotopic (exact) mass is 218 g/mol. The Morgan fingerprint density at radius 1 is 1.56 bits per heavy atom. The van der Waals surface area contributed by atoms with E-state index in [1.165, 1.54) is 6.92 Å². The molecule has 4 heteroatoms. The second-order valence-electron chi connectivity index (χ2n) is 4.48. The maximum absolute atomic E-state index is 11.5. The lowest BCUT2D eigenvalue weighted by Gasteiger charge is -2.27. The highest BCUT2D eigenvalue weighted by molar-refractivity contribution is 5.76. The number of hydrogen-bond donors (Lipinski definition) is 2. The molecule has 0 aliphatic carbocycles. The number of benzene rings is 1. The van der Waals surface area contributed by atoms with Crippen molar-refractivity contribution >= 4 is 11.6 Å². The van der Waals surface area contributed by atoms with Gasteiger partial charge in [0, 0.05) is 31.1 Å². The molecule has 1 saturated heterocycles. The van der Waals surface area contributed by atoms with E-state index in [1.807, 2.05) is 24.3 Å². The summed E-state index contributed by atoms with van der Waals surface area (Å²) in [5.74, 6) is 0.00114. The first-order chi connectivity index (χ1) is 7.63. The van der Waals surface area contributed by atoms with E-state index in [0.29, 0.717) is 13.0 Å². The van der Waals surface area contributed by atoms with Crippen LogP contribution in [0.3, 0.4) is 0 Å². The Labute approximate surface area is 93.9 Å². The fourth-order valence-electron chi connectivity index (χ4n) is 2.77. The van der Waals surface area contributed by atoms with Gasteiger partial charge in [0.25, 0.3) is 0 Å². The van der Waals surface area contributed by atoms with Crippen molar-refractivity contribution in [1.29, 1.82) is 0 Å². The summed E-state index contributed by atoms with van der Waals surface area (Å²) < 4.78 is 0. The number of aliphatic hydroxyl groups is 1. The molecule has 1 fully saturated rings. The molecule has 0 aromatic heterocycles. The van der Waals surface area contributed by atoms with Crippen molar-refractivity contribution in [2.75, 3.05) is 11.9 Å². The summed E-state index contributed by atoms with van der Waals surface area (Å²) >= 11 is 0. The Balaban J connectivity index is 2.06. The van der Waals surface area contributed by atoms with Gasteiger partial charge < -0.3 is 15.3 Å². The maximum Gasteiger partial charge on any atom is 0.221 e. The summed E-state index contributed by atoms with van der Waals surface area (Å²) in [6.45, 7) is 2.15. The van der Waals surface area contributed by atoms with Gasteiger partial charge in [-0.1, -0.05) is 18.2 Å². The molecule has 2 aliphatic rings. The van der Waals surface area contributed by atoms with Gasteiger partial charge in [0.15, 0.2) is 0 Å². The van der Waals surface area contributed by atoms with Crippen molar-refractivity contribution in [3.8, 4) is 0 Å². The number of anilines is 1. The van der Waals surface area contributed by atoms with Crippen LogP contribution in [0.4, 0.5) is 5.69 Å². The number of nitrogens with one attached hydrogen (secondary N) is 1. The third kappa shape index (κ3) is 1.05. The van der Waals surface area contributed by atoms with E-state index in [4.69, 9.17) is 0 Å². The van der Waals surface area contributed by atoms with Gasteiger partial charge in [-0.3, -0.25) is 4.79 Å². The third-order valence-corrected chi connectivity index (χ3v) is 3.59. The van der Waals surface area contributed by atoms with Gasteiger partial charge in [0.05, 0.1) is 0 Å². The van der Waals surface area contributed by atoms with Crippen molar-refractivity contribution in [3.05, 3.63) is 29.8 Å². The Morgan fingerprint density at radius 2 is 2.31 bits per heavy atom. The standard InChI is InChI=1S/C12H14N2O2/c1-8(15)14-7-6-12(16)9-4-2-3-5-10(9)13-11(12)14/h2-5,11,13,16H,6-7H2,1H3/t11-,12+/m0/s1. The van der Waals surface area contributed by atoms with Crippen LogP contribution in [0, 0.1) is 0 Å². The number of para-hydroxylation sites is 1. The summed E-state index contributed by atoms with van der Waals surface area (Å²) in [6, 6.07) is 7.70. The number of amides is 1. The Hall–Kier alpha value is -1.55. The van der Waals surface area contributed by atoms with E-state index in [0.717, 1.165) is 11.3 Å². The van der Waals surface area contributed by atoms with Gasteiger partial charge in [-0.25, -0.2) is 0 Å². The Bertz CT molecular complexity index is 460. The van der Waals surface area contributed by atoms with Crippen LogP contribution < -0.4 is 5.32 Å². The zero-order valence-corrected chi connectivity index (χ0v) is 9.10. The van der Waals surface area contributed by atoms with Crippen LogP contribution in [0.1, 0.15) is 18.9 Å². The van der Waals surface area contributed by atoms with Crippen LogP contribution in [-0.4, -0.2) is 28.6 Å². The molecular formula is C12H14N2O2. The number of likely N-dealkylation sites (tertiary alicyclic amines) is 1. The van der Waals surface area contributed by atoms with Crippen molar-refractivity contribution < 1.29 is 9.90 Å². The van der Waals surface area contributed by atoms with Crippen LogP contribution in [0.5, 0.6) is 0 Å². The van der Waals surface area contributed by atoms with Crippen LogP contribution in [0.25, 0.3) is 0 Å². The minimum absolute atomic E-state index is 0.00114. The summed E-state index contributed by atoms with van der Waals surface area (Å²) in [5.41, 5.74) is 0.923. The summed E-state index contributed by atoms with van der Waals surface area (Å²) in [4.78, 5) is 13.2. The number of hydrogen-bond acceptors (Lipinski definition) is 3. The molecule has 1 aromatic rings. The molecule has 84 valence electrons. The largest absolute Gasteiger partial charge is 0.381 e. The summed E-state index contributed by atoms with van der Waals surface area (Å²) in [7, 11) is 0. The lowest BCUT2D eigenvalue weighted by Crippen LogP contribution is -2.45. The van der Waals surface area contributed by atoms with Crippen LogP contribution >= 0.6 is 0 Å². The van der Waals surface area contributed by atoms with E-state index in [1.54, 1.807) is 4.90 Å². The summed E-state index contributed by atoms with van der Waals surface area (Å²) in [5, 5.41) is 13.9. The molecule has 0 radical (unpaired) electrons. The maximum atomic E-state index is 11.5. The fourth-order valence-corrected chi connectivity index (χ4v) is 2.77. The van der Waals surface area contributed by atoms with E-state index in [-0.39, 0.29) is 12.1 Å². The minimum Gasteiger partial charge on any atom is -0.381 e. The topological polar surface area (TPSA) is 52.6 Å². The average Bonchev–Trinajstić information content (AvgIpc) is 2.71. The molecule has 2 N–H and O–H groups in total. The van der Waals surface area contributed by atoms with Crippen LogP contribution in [0.15, 0.2) is 24.3 Å². The lowest BCUT2D eigenvalue weighted by molar-refractivity contribution is -0.131. The number of carbonyl (C=O) groups is 1. The van der Waals surface area contributed by atoms with E-state index in [9.17, 15) is 9.90 Å². The summed E-state index contributed by atoms with van der Waals surface area (Å²) in [6.07, 6.45) is 0.295. The van der Waals surface area contributed by atoms with E-state index in [2.05, 4.69) is 5.32 Å². The third-order valence-electron chi connectivity index (χ3n) is 3.59. The number of nitrogens with zero attached hydrogens (tertiary/aromatic N) is 1. The molecule has 16 heavy (non-hydrogen) atoms. The van der Waals surface area contributed by atoms with Crippen molar-refractivity contribution in [2.24, 2.45) is 0 Å². The smallest absolute Gasteiger partial charge is 0.221 e. The number of rotatable bonds is 0. The molecule has 1 amide bonds. The predicted octanol–water partition coefficient (Wildman–Crippen LogP) is 0.878. The highest BCUT2D eigenvalue weighted by Crippen LogP contribution is 2.46. The minimum atomic E-state index is -0.914. The molecule has 2 atom stereocenters. The Kier molecular flexibility index (Phi) is 1.80. The molecule has 3 rings (SSSR count). The van der Waals surface area contributed by atoms with Crippen molar-refractivity contribution in [2.45, 2.75) is 25.1 Å². The molecule has 0 saturated carbocycles. The normalized spacial score (nSPS) is 30.9. The van der Waals surface area contributed by atoms with Gasteiger partial charge in [0.1, 0.15) is 11.8 Å². The zero-order chi connectivity index (χ0) is 11.3. The van der Waals surface area contributed by atoms with Crippen molar-refractivity contribution in [1.82, 2.24) is 4.90 Å². The molecule has 1 aromatic carbocycles. The lowest BCUT2D eigenvalue weighted by atomic mass is 9.93. The fraction of sp³-hybridized carbons (Fsp3) is 0.417. The first-order valence-electron chi connectivity index (χ1n) is 5.48. The highest BCUT2D eigenvalue weighted by Gasteiger charge is 2.53. The molecular weight excluding hydrogens is 204 g/mol. The van der Waals surface area contributed by atoms with Gasteiger partial charge in [-0.15, -0.1) is 0 Å². The molecule has 2 aliphatic heterocycles. The molecule has 0 spiro atoms. The van der Waals surface area contributed by atoms with Crippen LogP contribution in [-0.2, 0) is 10.4 Å². The van der Waals surface area contributed by atoms with Crippen molar-refractivity contribution in [3.63, 3.8) is 0 Å². The second-order valence-corrected chi connectivity index (χ2v) is 4.48. The van der Waals surface area contributed by atoms with Crippen LogP contribution in [0.2, 0.25) is 0 Å². The first-order valence-corrected chi connectivity index (χ1v) is 5.48. The molecule has 4 nitrogen and oxygen atoms in total. The van der Waals surface area contributed by atoms with Gasteiger partial charge in [-0.05, 0) is 6.07 Å².